The lowest BCUT2D eigenvalue weighted by molar-refractivity contribution is 0.191. The Bertz CT molecular complexity index is 437. The number of hydrogen-bond donors (Lipinski definition) is 2. The molecule has 1 saturated heterocycles. The van der Waals surface area contributed by atoms with Crippen molar-refractivity contribution in [3.05, 3.63) is 23.4 Å². The van der Waals surface area contributed by atoms with Crippen molar-refractivity contribution in [3.8, 4) is 0 Å². The Labute approximate surface area is 114 Å². The normalized spacial score (nSPS) is 23.4. The van der Waals surface area contributed by atoms with Crippen molar-refractivity contribution in [1.82, 2.24) is 9.88 Å². The van der Waals surface area contributed by atoms with E-state index in [1.165, 1.54) is 0 Å². The predicted molar refractivity (Wildman–Crippen MR) is 75.2 cm³/mol. The molecule has 0 bridgehead atoms. The minimum atomic E-state index is -0.301. The average Bonchev–Trinajstić information content (AvgIpc) is 2.68. The van der Waals surface area contributed by atoms with Crippen LogP contribution in [0.1, 0.15) is 17.7 Å². The molecule has 5 nitrogen and oxygen atoms in total. The molecule has 1 aliphatic heterocycles. The molecule has 1 aliphatic rings. The number of hydrogen-bond acceptors (Lipinski definition) is 5. The van der Waals surface area contributed by atoms with E-state index in [9.17, 15) is 10.2 Å². The Kier molecular flexibility index (Phi) is 4.39. The highest BCUT2D eigenvalue weighted by Gasteiger charge is 2.32. The van der Waals surface area contributed by atoms with Gasteiger partial charge in [-0.05, 0) is 45.1 Å². The van der Waals surface area contributed by atoms with Crippen molar-refractivity contribution in [2.45, 2.75) is 32.1 Å². The van der Waals surface area contributed by atoms with Crippen LogP contribution in [0.15, 0.2) is 12.1 Å². The van der Waals surface area contributed by atoms with E-state index in [1.54, 1.807) is 0 Å². The van der Waals surface area contributed by atoms with Crippen molar-refractivity contribution in [1.29, 1.82) is 0 Å². The molecule has 1 fully saturated rings. The summed E-state index contributed by atoms with van der Waals surface area (Å²) in [6, 6.07) is 4.07. The van der Waals surface area contributed by atoms with Crippen LogP contribution in [-0.2, 0) is 6.61 Å². The first-order valence-corrected chi connectivity index (χ1v) is 6.67. The predicted octanol–water partition coefficient (Wildman–Crippen LogP) is 0.384. The minimum Gasteiger partial charge on any atom is -0.392 e. The average molecular weight is 265 g/mol. The second kappa shape index (κ2) is 5.86. The van der Waals surface area contributed by atoms with Crippen molar-refractivity contribution in [2.75, 3.05) is 32.1 Å². The Morgan fingerprint density at radius 1 is 1.42 bits per heavy atom. The maximum atomic E-state index is 9.90. The number of aliphatic hydroxyl groups excluding tert-OH is 2. The molecule has 0 spiro atoms. The highest BCUT2D eigenvalue weighted by Crippen LogP contribution is 2.26. The molecule has 2 N–H and O–H groups in total. The first-order chi connectivity index (χ1) is 8.99. The first kappa shape index (κ1) is 14.2. The molecule has 5 heteroatoms. The van der Waals surface area contributed by atoms with Gasteiger partial charge in [0.25, 0.3) is 0 Å². The van der Waals surface area contributed by atoms with Crippen LogP contribution in [0.5, 0.6) is 0 Å². The summed E-state index contributed by atoms with van der Waals surface area (Å²) in [5.41, 5.74) is 1.76. The molecule has 2 heterocycles. The van der Waals surface area contributed by atoms with Gasteiger partial charge in [0, 0.05) is 24.8 Å². The summed E-state index contributed by atoms with van der Waals surface area (Å²) < 4.78 is 0. The van der Waals surface area contributed by atoms with Gasteiger partial charge < -0.3 is 20.0 Å². The molecule has 0 radical (unpaired) electrons. The Balaban J connectivity index is 2.25. The second-order valence-corrected chi connectivity index (χ2v) is 5.59. The summed E-state index contributed by atoms with van der Waals surface area (Å²) in [6.45, 7) is 3.45. The first-order valence-electron chi connectivity index (χ1n) is 6.67. The number of nitrogens with zero attached hydrogens (tertiary/aromatic N) is 3. The number of aromatic nitrogens is 1. The number of likely N-dealkylation sites (N-methyl/N-ethyl adjacent to an activating group) is 1. The van der Waals surface area contributed by atoms with Gasteiger partial charge in [-0.3, -0.25) is 0 Å². The highest BCUT2D eigenvalue weighted by atomic mass is 16.3. The lowest BCUT2D eigenvalue weighted by atomic mass is 10.2. The molecule has 0 amide bonds. The summed E-state index contributed by atoms with van der Waals surface area (Å²) in [5.74, 6) is 0.854. The van der Waals surface area contributed by atoms with Crippen LogP contribution in [-0.4, -0.2) is 59.4 Å². The van der Waals surface area contributed by atoms with Gasteiger partial charge in [0.1, 0.15) is 5.82 Å². The smallest absolute Gasteiger partial charge is 0.129 e. The standard InChI is InChI=1S/C14H23N3O2/c1-10-4-11(9-18)5-14(15-10)17-8-13(19)6-12(17)7-16(2)3/h4-5,12-13,18-19H,6-9H2,1-3H3. The van der Waals surface area contributed by atoms with Gasteiger partial charge in [-0.25, -0.2) is 4.98 Å². The van der Waals surface area contributed by atoms with Crippen LogP contribution in [0.25, 0.3) is 0 Å². The number of aryl methyl sites for hydroxylation is 1. The zero-order valence-electron chi connectivity index (χ0n) is 11.9. The topological polar surface area (TPSA) is 59.8 Å². The van der Waals surface area contributed by atoms with Crippen molar-refractivity contribution in [2.24, 2.45) is 0 Å². The molecular formula is C14H23N3O2. The van der Waals surface area contributed by atoms with Crippen LogP contribution >= 0.6 is 0 Å². The lowest BCUT2D eigenvalue weighted by Gasteiger charge is -2.28. The minimum absolute atomic E-state index is 0.0189. The molecule has 2 unspecified atom stereocenters. The maximum Gasteiger partial charge on any atom is 0.129 e. The summed E-state index contributed by atoms with van der Waals surface area (Å²) in [7, 11) is 4.07. The second-order valence-electron chi connectivity index (χ2n) is 5.59. The Hall–Kier alpha value is -1.17. The van der Waals surface area contributed by atoms with Crippen LogP contribution in [0.3, 0.4) is 0 Å². The van der Waals surface area contributed by atoms with E-state index < -0.39 is 0 Å². The fourth-order valence-corrected chi connectivity index (χ4v) is 2.73. The van der Waals surface area contributed by atoms with Crippen molar-refractivity contribution in [3.63, 3.8) is 0 Å². The van der Waals surface area contributed by atoms with Crippen molar-refractivity contribution >= 4 is 5.82 Å². The Morgan fingerprint density at radius 3 is 2.79 bits per heavy atom. The van der Waals surface area contributed by atoms with E-state index in [2.05, 4.69) is 14.8 Å². The number of anilines is 1. The van der Waals surface area contributed by atoms with E-state index in [0.29, 0.717) is 6.54 Å². The largest absolute Gasteiger partial charge is 0.392 e. The molecular weight excluding hydrogens is 242 g/mol. The number of pyridine rings is 1. The van der Waals surface area contributed by atoms with E-state index in [0.717, 1.165) is 30.0 Å². The number of β-amino-alcohol motifs (C(OH)–C–C–N with tert-alkyl or cyclic N) is 1. The summed E-state index contributed by atoms with van der Waals surface area (Å²) in [6.07, 6.45) is 0.465. The fourth-order valence-electron chi connectivity index (χ4n) is 2.73. The third-order valence-corrected chi connectivity index (χ3v) is 3.44. The van der Waals surface area contributed by atoms with E-state index in [4.69, 9.17) is 0 Å². The fraction of sp³-hybridized carbons (Fsp3) is 0.643. The van der Waals surface area contributed by atoms with Crippen LogP contribution < -0.4 is 4.90 Å². The molecule has 0 saturated carbocycles. The number of rotatable bonds is 4. The number of aliphatic hydroxyl groups is 2. The van der Waals surface area contributed by atoms with Gasteiger partial charge in [-0.1, -0.05) is 0 Å². The highest BCUT2D eigenvalue weighted by molar-refractivity contribution is 5.45. The quantitative estimate of drug-likeness (QED) is 0.824. The summed E-state index contributed by atoms with van der Waals surface area (Å²) in [5, 5.41) is 19.2. The summed E-state index contributed by atoms with van der Waals surface area (Å²) >= 11 is 0. The molecule has 2 rings (SSSR count). The van der Waals surface area contributed by atoms with Crippen LogP contribution in [0.2, 0.25) is 0 Å². The van der Waals surface area contributed by atoms with E-state index >= 15 is 0 Å². The van der Waals surface area contributed by atoms with Gasteiger partial charge in [0.15, 0.2) is 0 Å². The molecule has 19 heavy (non-hydrogen) atoms. The van der Waals surface area contributed by atoms with Gasteiger partial charge in [0.05, 0.1) is 12.7 Å². The van der Waals surface area contributed by atoms with Crippen molar-refractivity contribution < 1.29 is 10.2 Å². The molecule has 1 aromatic rings. The summed E-state index contributed by atoms with van der Waals surface area (Å²) in [4.78, 5) is 8.81. The van der Waals surface area contributed by atoms with Gasteiger partial charge in [0.2, 0.25) is 0 Å². The lowest BCUT2D eigenvalue weighted by Crippen LogP contribution is -2.38. The van der Waals surface area contributed by atoms with E-state index in [-0.39, 0.29) is 18.8 Å². The molecule has 0 aromatic carbocycles. The molecule has 2 atom stereocenters. The maximum absolute atomic E-state index is 9.90. The van der Waals surface area contributed by atoms with Crippen LogP contribution in [0.4, 0.5) is 5.82 Å². The van der Waals surface area contributed by atoms with E-state index in [1.807, 2.05) is 33.2 Å². The van der Waals surface area contributed by atoms with Gasteiger partial charge in [-0.2, -0.15) is 0 Å². The molecule has 106 valence electrons. The zero-order valence-corrected chi connectivity index (χ0v) is 11.9. The third kappa shape index (κ3) is 3.43. The SMILES string of the molecule is Cc1cc(CO)cc(N2CC(O)CC2CN(C)C)n1. The van der Waals surface area contributed by atoms with Gasteiger partial charge in [-0.15, -0.1) is 0 Å². The monoisotopic (exact) mass is 265 g/mol. The third-order valence-electron chi connectivity index (χ3n) is 3.44. The van der Waals surface area contributed by atoms with Gasteiger partial charge >= 0.3 is 0 Å². The molecule has 0 aliphatic carbocycles. The Morgan fingerprint density at radius 2 is 2.16 bits per heavy atom. The zero-order chi connectivity index (χ0) is 14.0. The molecule has 1 aromatic heterocycles. The van der Waals surface area contributed by atoms with Crippen LogP contribution in [0, 0.1) is 6.92 Å².